The van der Waals surface area contributed by atoms with Crippen LogP contribution in [0.5, 0.6) is 5.75 Å². The molecular weight excluding hydrogens is 316 g/mol. The first kappa shape index (κ1) is 19.0. The third-order valence-electron chi connectivity index (χ3n) is 6.20. The van der Waals surface area contributed by atoms with Gasteiger partial charge in [-0.05, 0) is 78.7 Å². The third kappa shape index (κ3) is 4.90. The molecule has 0 saturated heterocycles. The summed E-state index contributed by atoms with van der Waals surface area (Å²) in [4.78, 5) is 0. The highest BCUT2D eigenvalue weighted by Crippen LogP contribution is 2.37. The Balaban J connectivity index is 1.57. The van der Waals surface area contributed by atoms with Crippen molar-refractivity contribution in [1.29, 1.82) is 0 Å². The molecule has 1 saturated carbocycles. The molecule has 1 atom stereocenters. The van der Waals surface area contributed by atoms with Gasteiger partial charge in [-0.1, -0.05) is 63.1 Å². The lowest BCUT2D eigenvalue weighted by atomic mass is 9.77. The molecule has 0 unspecified atom stereocenters. The van der Waals surface area contributed by atoms with Gasteiger partial charge in [0.25, 0.3) is 0 Å². The Morgan fingerprint density at radius 2 is 1.73 bits per heavy atom. The lowest BCUT2D eigenvalue weighted by Gasteiger charge is -2.28. The van der Waals surface area contributed by atoms with Crippen LogP contribution in [-0.2, 0) is 6.42 Å². The zero-order chi connectivity index (χ0) is 18.4. The van der Waals surface area contributed by atoms with E-state index in [2.05, 4.69) is 56.3 Å². The van der Waals surface area contributed by atoms with E-state index in [1.807, 2.05) is 6.07 Å². The zero-order valence-electron chi connectivity index (χ0n) is 16.7. The molecular formula is C25H34O. The maximum Gasteiger partial charge on any atom is 0.119 e. The fourth-order valence-corrected chi connectivity index (χ4v) is 4.54. The number of methoxy groups -OCH3 is 1. The summed E-state index contributed by atoms with van der Waals surface area (Å²) in [7, 11) is 1.73. The smallest absolute Gasteiger partial charge is 0.119 e. The zero-order valence-corrected chi connectivity index (χ0v) is 16.7. The first-order chi connectivity index (χ1) is 12.7. The molecule has 2 aromatic rings. The van der Waals surface area contributed by atoms with Gasteiger partial charge in [-0.2, -0.15) is 0 Å². The van der Waals surface area contributed by atoms with Crippen LogP contribution in [0.2, 0.25) is 0 Å². The second kappa shape index (κ2) is 9.26. The maximum atomic E-state index is 5.36. The van der Waals surface area contributed by atoms with Gasteiger partial charge >= 0.3 is 0 Å². The van der Waals surface area contributed by atoms with Gasteiger partial charge in [0.2, 0.25) is 0 Å². The van der Waals surface area contributed by atoms with E-state index in [9.17, 15) is 0 Å². The van der Waals surface area contributed by atoms with Gasteiger partial charge in [0.1, 0.15) is 5.75 Å². The molecule has 0 spiro atoms. The molecule has 0 radical (unpaired) electrons. The number of hydrogen-bond acceptors (Lipinski definition) is 1. The van der Waals surface area contributed by atoms with Gasteiger partial charge in [-0.15, -0.1) is 0 Å². The Morgan fingerprint density at radius 3 is 2.38 bits per heavy atom. The summed E-state index contributed by atoms with van der Waals surface area (Å²) in [6.07, 6.45) is 9.45. The predicted molar refractivity (Wildman–Crippen MR) is 111 cm³/mol. The highest BCUT2D eigenvalue weighted by molar-refractivity contribution is 5.33. The van der Waals surface area contributed by atoms with Crippen LogP contribution < -0.4 is 4.74 Å². The van der Waals surface area contributed by atoms with Crippen molar-refractivity contribution in [2.24, 2.45) is 5.92 Å². The summed E-state index contributed by atoms with van der Waals surface area (Å²) in [5, 5.41) is 0. The Labute approximate surface area is 159 Å². The van der Waals surface area contributed by atoms with Gasteiger partial charge in [-0.3, -0.25) is 0 Å². The largest absolute Gasteiger partial charge is 0.497 e. The number of hydrogen-bond donors (Lipinski definition) is 0. The van der Waals surface area contributed by atoms with Crippen molar-refractivity contribution in [3.05, 3.63) is 65.2 Å². The van der Waals surface area contributed by atoms with Crippen LogP contribution in [0.1, 0.15) is 80.9 Å². The van der Waals surface area contributed by atoms with Crippen LogP contribution in [0, 0.1) is 5.92 Å². The van der Waals surface area contributed by atoms with Gasteiger partial charge < -0.3 is 4.74 Å². The van der Waals surface area contributed by atoms with Crippen LogP contribution in [0.4, 0.5) is 0 Å². The van der Waals surface area contributed by atoms with Crippen molar-refractivity contribution < 1.29 is 4.74 Å². The molecule has 0 bridgehead atoms. The molecule has 0 aliphatic heterocycles. The van der Waals surface area contributed by atoms with Crippen molar-refractivity contribution in [3.63, 3.8) is 0 Å². The van der Waals surface area contributed by atoms with Crippen LogP contribution >= 0.6 is 0 Å². The average molecular weight is 351 g/mol. The summed E-state index contributed by atoms with van der Waals surface area (Å²) < 4.78 is 5.36. The van der Waals surface area contributed by atoms with Crippen molar-refractivity contribution in [2.75, 3.05) is 7.11 Å². The molecule has 0 aromatic heterocycles. The van der Waals surface area contributed by atoms with Crippen molar-refractivity contribution >= 4 is 0 Å². The molecule has 26 heavy (non-hydrogen) atoms. The topological polar surface area (TPSA) is 9.23 Å². The van der Waals surface area contributed by atoms with Crippen molar-refractivity contribution in [1.82, 2.24) is 0 Å². The minimum Gasteiger partial charge on any atom is -0.497 e. The lowest BCUT2D eigenvalue weighted by molar-refractivity contribution is 0.308. The summed E-state index contributed by atoms with van der Waals surface area (Å²) in [6, 6.07) is 17.9. The molecule has 1 fully saturated rings. The minimum absolute atomic E-state index is 0.500. The SMILES string of the molecule is CCC[C@H]1CC[C@H](c2ccc(C[C@H](C)c3cccc(OC)c3)cc2)CC1. The van der Waals surface area contributed by atoms with Gasteiger partial charge in [0.05, 0.1) is 7.11 Å². The minimum atomic E-state index is 0.500. The van der Waals surface area contributed by atoms with Crippen molar-refractivity contribution in [3.8, 4) is 5.75 Å². The molecule has 0 heterocycles. The van der Waals surface area contributed by atoms with Gasteiger partial charge in [0, 0.05) is 0 Å². The standard InChI is InChI=1S/C25H34O/c1-4-6-20-9-13-22(14-10-20)23-15-11-21(12-16-23)17-19(2)24-7-5-8-25(18-24)26-3/h5,7-8,11-12,15-16,18-20,22H,4,6,9-10,13-14,17H2,1-3H3/t19-,20-,22-/m0/s1. The number of ether oxygens (including phenoxy) is 1. The molecule has 1 heteroatoms. The van der Waals surface area contributed by atoms with Crippen LogP contribution in [-0.4, -0.2) is 7.11 Å². The fraction of sp³-hybridized carbons (Fsp3) is 0.520. The van der Waals surface area contributed by atoms with E-state index < -0.39 is 0 Å². The molecule has 140 valence electrons. The highest BCUT2D eigenvalue weighted by atomic mass is 16.5. The summed E-state index contributed by atoms with van der Waals surface area (Å²) in [5.41, 5.74) is 4.34. The Kier molecular flexibility index (Phi) is 6.77. The molecule has 1 nitrogen and oxygen atoms in total. The van der Waals surface area contributed by atoms with E-state index in [1.165, 1.54) is 49.7 Å². The third-order valence-corrected chi connectivity index (χ3v) is 6.20. The normalized spacial score (nSPS) is 21.3. The second-order valence-corrected chi connectivity index (χ2v) is 8.13. The number of benzene rings is 2. The van der Waals surface area contributed by atoms with E-state index in [1.54, 1.807) is 12.7 Å². The van der Waals surface area contributed by atoms with E-state index in [4.69, 9.17) is 4.74 Å². The van der Waals surface area contributed by atoms with E-state index >= 15 is 0 Å². The maximum absolute atomic E-state index is 5.36. The Morgan fingerprint density at radius 1 is 1.00 bits per heavy atom. The van der Waals surface area contributed by atoms with Crippen LogP contribution in [0.15, 0.2) is 48.5 Å². The summed E-state index contributed by atoms with van der Waals surface area (Å²) in [5.74, 6) is 3.22. The first-order valence-corrected chi connectivity index (χ1v) is 10.4. The highest BCUT2D eigenvalue weighted by Gasteiger charge is 2.21. The van der Waals surface area contributed by atoms with Crippen LogP contribution in [0.25, 0.3) is 0 Å². The Bertz CT molecular complexity index is 665. The second-order valence-electron chi connectivity index (χ2n) is 8.13. The summed E-state index contributed by atoms with van der Waals surface area (Å²) in [6.45, 7) is 4.62. The number of rotatable bonds is 7. The van der Waals surface area contributed by atoms with E-state index in [0.717, 1.165) is 24.0 Å². The van der Waals surface area contributed by atoms with Gasteiger partial charge in [-0.25, -0.2) is 0 Å². The quantitative estimate of drug-likeness (QED) is 0.517. The Hall–Kier alpha value is -1.76. The molecule has 0 amide bonds. The molecule has 0 N–H and O–H groups in total. The summed E-state index contributed by atoms with van der Waals surface area (Å²) >= 11 is 0. The predicted octanol–water partition coefficient (Wildman–Crippen LogP) is 7.12. The molecule has 1 aliphatic carbocycles. The lowest BCUT2D eigenvalue weighted by Crippen LogP contribution is -2.13. The van der Waals surface area contributed by atoms with Crippen molar-refractivity contribution in [2.45, 2.75) is 70.6 Å². The first-order valence-electron chi connectivity index (χ1n) is 10.4. The van der Waals surface area contributed by atoms with E-state index in [0.29, 0.717) is 5.92 Å². The van der Waals surface area contributed by atoms with E-state index in [-0.39, 0.29) is 0 Å². The fourth-order valence-electron chi connectivity index (χ4n) is 4.54. The molecule has 2 aromatic carbocycles. The molecule has 1 aliphatic rings. The average Bonchev–Trinajstić information content (AvgIpc) is 2.69. The van der Waals surface area contributed by atoms with Crippen LogP contribution in [0.3, 0.4) is 0 Å². The van der Waals surface area contributed by atoms with Gasteiger partial charge in [0.15, 0.2) is 0 Å². The molecule has 3 rings (SSSR count). The monoisotopic (exact) mass is 350 g/mol.